The zero-order valence-corrected chi connectivity index (χ0v) is 11.6. The number of hydrogen-bond donors (Lipinski definition) is 0. The summed E-state index contributed by atoms with van der Waals surface area (Å²) in [4.78, 5) is 24.2. The molecule has 0 aromatic heterocycles. The van der Waals surface area contributed by atoms with Crippen molar-refractivity contribution in [2.24, 2.45) is 35.0 Å². The lowest BCUT2D eigenvalue weighted by Crippen LogP contribution is -2.56. The van der Waals surface area contributed by atoms with Crippen molar-refractivity contribution in [2.45, 2.75) is 33.1 Å². The Morgan fingerprint density at radius 3 is 2.53 bits per heavy atom. The van der Waals surface area contributed by atoms with Crippen molar-refractivity contribution in [3.05, 3.63) is 23.8 Å². The average molecular weight is 256 g/mol. The van der Waals surface area contributed by atoms with Gasteiger partial charge in [0, 0.05) is 11.8 Å². The van der Waals surface area contributed by atoms with Gasteiger partial charge in [0.2, 0.25) is 0 Å². The van der Waals surface area contributed by atoms with E-state index in [1.54, 1.807) is 0 Å². The third-order valence-corrected chi connectivity index (χ3v) is 6.42. The smallest absolute Gasteiger partial charge is 0.160 e. The van der Waals surface area contributed by atoms with E-state index in [0.29, 0.717) is 17.3 Å². The number of fused-ring (bicyclic) bond motifs is 1. The lowest BCUT2D eigenvalue weighted by Gasteiger charge is -2.62. The average Bonchev–Trinajstić information content (AvgIpc) is 2.41. The first-order valence-electron chi connectivity index (χ1n) is 7.46. The number of carbonyl (C=O) groups is 2. The van der Waals surface area contributed by atoms with Gasteiger partial charge in [-0.15, -0.1) is 0 Å². The van der Waals surface area contributed by atoms with E-state index in [2.05, 4.69) is 19.9 Å². The molecule has 0 saturated heterocycles. The van der Waals surface area contributed by atoms with Crippen LogP contribution in [-0.2, 0) is 9.59 Å². The van der Waals surface area contributed by atoms with Crippen LogP contribution in [0.25, 0.3) is 0 Å². The topological polar surface area (TPSA) is 34.1 Å². The van der Waals surface area contributed by atoms with Gasteiger partial charge in [-0.1, -0.05) is 25.5 Å². The van der Waals surface area contributed by atoms with E-state index in [-0.39, 0.29) is 23.4 Å². The molecule has 5 atom stereocenters. The van der Waals surface area contributed by atoms with Crippen LogP contribution >= 0.6 is 0 Å². The van der Waals surface area contributed by atoms with E-state index >= 15 is 0 Å². The molecule has 0 amide bonds. The molecule has 0 radical (unpaired) electrons. The molecule has 2 heteroatoms. The predicted molar refractivity (Wildman–Crippen MR) is 72.3 cm³/mol. The van der Waals surface area contributed by atoms with Gasteiger partial charge in [-0.3, -0.25) is 9.59 Å². The summed E-state index contributed by atoms with van der Waals surface area (Å²) in [5.41, 5.74) is 1.91. The summed E-state index contributed by atoms with van der Waals surface area (Å²) in [6.07, 6.45) is 8.52. The van der Waals surface area contributed by atoms with E-state index in [1.807, 2.05) is 0 Å². The normalized spacial score (nSPS) is 46.0. The van der Waals surface area contributed by atoms with Gasteiger partial charge >= 0.3 is 0 Å². The summed E-state index contributed by atoms with van der Waals surface area (Å²) in [6, 6.07) is 0. The molecule has 5 aliphatic carbocycles. The summed E-state index contributed by atoms with van der Waals surface area (Å²) in [5.74, 6) is 2.01. The fraction of sp³-hybridized carbons (Fsp3) is 0.647. The monoisotopic (exact) mass is 256 g/mol. The minimum atomic E-state index is -0.0631. The molecule has 2 nitrogen and oxygen atoms in total. The number of carbonyl (C=O) groups excluding carboxylic acids is 2. The first kappa shape index (κ1) is 11.6. The highest BCUT2D eigenvalue weighted by Gasteiger charge is 2.59. The molecule has 0 N–H and O–H groups in total. The van der Waals surface area contributed by atoms with Crippen molar-refractivity contribution >= 4 is 11.6 Å². The zero-order valence-electron chi connectivity index (χ0n) is 11.6. The first-order valence-corrected chi connectivity index (χ1v) is 7.46. The van der Waals surface area contributed by atoms with Crippen LogP contribution in [0.5, 0.6) is 0 Å². The van der Waals surface area contributed by atoms with E-state index in [1.165, 1.54) is 24.1 Å². The summed E-state index contributed by atoms with van der Waals surface area (Å²) in [6.45, 7) is 4.73. The van der Waals surface area contributed by atoms with Gasteiger partial charge in [-0.25, -0.2) is 0 Å². The van der Waals surface area contributed by atoms with E-state index in [0.717, 1.165) is 18.8 Å². The molecule has 0 heterocycles. The molecule has 0 spiro atoms. The van der Waals surface area contributed by atoms with Crippen LogP contribution in [0.3, 0.4) is 0 Å². The van der Waals surface area contributed by atoms with E-state index < -0.39 is 0 Å². The number of allylic oxidation sites excluding steroid dienone is 4. The largest absolute Gasteiger partial charge is 0.295 e. The van der Waals surface area contributed by atoms with Crippen molar-refractivity contribution in [1.29, 1.82) is 0 Å². The first-order chi connectivity index (χ1) is 9.00. The number of rotatable bonds is 0. The highest BCUT2D eigenvalue weighted by Crippen LogP contribution is 2.65. The van der Waals surface area contributed by atoms with Crippen LogP contribution in [0.2, 0.25) is 0 Å². The Morgan fingerprint density at radius 2 is 1.79 bits per heavy atom. The third-order valence-electron chi connectivity index (χ3n) is 6.42. The molecule has 0 aromatic rings. The van der Waals surface area contributed by atoms with Gasteiger partial charge in [0.15, 0.2) is 11.6 Å². The Balaban J connectivity index is 1.75. The summed E-state index contributed by atoms with van der Waals surface area (Å²) in [7, 11) is 0. The van der Waals surface area contributed by atoms with Crippen molar-refractivity contribution in [1.82, 2.24) is 0 Å². The second-order valence-corrected chi connectivity index (χ2v) is 7.36. The summed E-state index contributed by atoms with van der Waals surface area (Å²) in [5, 5.41) is 0. The standard InChI is InChI=1S/C17H20O2/c1-17(2)9-7-12-10(13(17)8-9)3-4-11-14(18)5-6-15(19)16(11)12/h3,5-6,9,11-13,16H,4,7-8H2,1-2H3/t9-,11+,12+,13+,16-/m0/s1. The van der Waals surface area contributed by atoms with Crippen molar-refractivity contribution in [3.63, 3.8) is 0 Å². The van der Waals surface area contributed by atoms with Crippen LogP contribution in [0.15, 0.2) is 23.8 Å². The van der Waals surface area contributed by atoms with Crippen molar-refractivity contribution in [3.8, 4) is 0 Å². The fourth-order valence-electron chi connectivity index (χ4n) is 5.11. The highest BCUT2D eigenvalue weighted by atomic mass is 16.1. The van der Waals surface area contributed by atoms with Crippen LogP contribution < -0.4 is 0 Å². The molecule has 3 fully saturated rings. The van der Waals surface area contributed by atoms with Gasteiger partial charge in [0.25, 0.3) is 0 Å². The van der Waals surface area contributed by atoms with Crippen molar-refractivity contribution in [2.75, 3.05) is 0 Å². The SMILES string of the molecule is CC1(C)[C@H]2C[C@@H]3C(=CC[C@@H]4C(=O)C=CC(=O)[C@@H]43)[C@H]1C2. The zero-order chi connectivity index (χ0) is 13.4. The molecule has 19 heavy (non-hydrogen) atoms. The Kier molecular flexibility index (Phi) is 2.13. The quantitative estimate of drug-likeness (QED) is 0.624. The molecular formula is C17H20O2. The van der Waals surface area contributed by atoms with E-state index in [4.69, 9.17) is 0 Å². The third kappa shape index (κ3) is 1.32. The molecule has 100 valence electrons. The van der Waals surface area contributed by atoms with Crippen LogP contribution in [-0.4, -0.2) is 11.6 Å². The van der Waals surface area contributed by atoms with Gasteiger partial charge in [-0.05, 0) is 54.6 Å². The summed E-state index contributed by atoms with van der Waals surface area (Å²) < 4.78 is 0. The lowest BCUT2D eigenvalue weighted by molar-refractivity contribution is -0.135. The Morgan fingerprint density at radius 1 is 1.05 bits per heavy atom. The summed E-state index contributed by atoms with van der Waals surface area (Å²) >= 11 is 0. The van der Waals surface area contributed by atoms with Gasteiger partial charge in [-0.2, -0.15) is 0 Å². The number of hydrogen-bond acceptors (Lipinski definition) is 2. The second kappa shape index (κ2) is 3.47. The van der Waals surface area contributed by atoms with Crippen molar-refractivity contribution < 1.29 is 9.59 Å². The maximum absolute atomic E-state index is 12.2. The molecule has 5 rings (SSSR count). The molecule has 3 saturated carbocycles. The van der Waals surface area contributed by atoms with Crippen LogP contribution in [0, 0.1) is 35.0 Å². The highest BCUT2D eigenvalue weighted by molar-refractivity contribution is 6.07. The second-order valence-electron chi connectivity index (χ2n) is 7.36. The lowest BCUT2D eigenvalue weighted by atomic mass is 9.42. The van der Waals surface area contributed by atoms with Crippen LogP contribution in [0.4, 0.5) is 0 Å². The Labute approximate surface area is 113 Å². The van der Waals surface area contributed by atoms with Crippen LogP contribution in [0.1, 0.15) is 33.1 Å². The number of ketones is 2. The minimum Gasteiger partial charge on any atom is -0.295 e. The fourth-order valence-corrected chi connectivity index (χ4v) is 5.11. The predicted octanol–water partition coefficient (Wildman–Crippen LogP) is 2.94. The minimum absolute atomic E-state index is 0.0427. The molecule has 0 aliphatic heterocycles. The van der Waals surface area contributed by atoms with E-state index in [9.17, 15) is 9.59 Å². The van der Waals surface area contributed by atoms with Gasteiger partial charge in [0.05, 0.1) is 0 Å². The van der Waals surface area contributed by atoms with Gasteiger partial charge in [0.1, 0.15) is 0 Å². The Bertz CT molecular complexity index is 537. The molecule has 5 aliphatic rings. The molecule has 0 aromatic carbocycles. The van der Waals surface area contributed by atoms with Gasteiger partial charge < -0.3 is 0 Å². The molecular weight excluding hydrogens is 236 g/mol. The molecule has 0 unspecified atom stereocenters. The maximum atomic E-state index is 12.2. The maximum Gasteiger partial charge on any atom is 0.160 e. The molecule has 2 bridgehead atoms. The Hall–Kier alpha value is -1.18.